The zero-order valence-electron chi connectivity index (χ0n) is 18.5. The normalized spacial score (nSPS) is 10.5. The van der Waals surface area contributed by atoms with Gasteiger partial charge in [0.05, 0.1) is 24.9 Å². The Morgan fingerprint density at radius 3 is 2.30 bits per heavy atom. The Morgan fingerprint density at radius 1 is 0.909 bits per heavy atom. The molecule has 3 aromatic carbocycles. The quantitative estimate of drug-likeness (QED) is 0.487. The lowest BCUT2D eigenvalue weighted by molar-refractivity contribution is -0.117. The van der Waals surface area contributed by atoms with Crippen molar-refractivity contribution in [3.63, 3.8) is 0 Å². The van der Waals surface area contributed by atoms with Gasteiger partial charge in [0.25, 0.3) is 5.91 Å². The molecule has 172 valence electrons. The maximum Gasteiger partial charge on any atom is 0.257 e. The Hall–Kier alpha value is -3.91. The minimum absolute atomic E-state index is 0.114. The molecule has 0 heterocycles. The highest BCUT2D eigenvalue weighted by Crippen LogP contribution is 2.25. The average molecular weight is 451 g/mol. The molecule has 2 amide bonds. The second-order valence-corrected chi connectivity index (χ2v) is 7.29. The van der Waals surface area contributed by atoms with Crippen molar-refractivity contribution in [1.82, 2.24) is 4.90 Å². The van der Waals surface area contributed by atoms with Gasteiger partial charge in [0.15, 0.2) is 11.5 Å². The lowest BCUT2D eigenvalue weighted by Crippen LogP contribution is -2.33. The molecule has 0 aliphatic rings. The maximum atomic E-state index is 13.1. The summed E-state index contributed by atoms with van der Waals surface area (Å²) in [6, 6.07) is 19.5. The number of para-hydroxylation sites is 3. The predicted molar refractivity (Wildman–Crippen MR) is 125 cm³/mol. The first kappa shape index (κ1) is 23.7. The number of nitrogens with zero attached hydrogens (tertiary/aromatic N) is 1. The van der Waals surface area contributed by atoms with Crippen LogP contribution in [0.1, 0.15) is 10.4 Å². The Morgan fingerprint density at radius 2 is 1.58 bits per heavy atom. The van der Waals surface area contributed by atoms with Crippen LogP contribution in [0.5, 0.6) is 11.5 Å². The number of halogens is 1. The highest BCUT2D eigenvalue weighted by Gasteiger charge is 2.15. The number of carbonyl (C=O) groups is 2. The molecular weight excluding hydrogens is 425 g/mol. The highest BCUT2D eigenvalue weighted by atomic mass is 19.1. The van der Waals surface area contributed by atoms with Crippen LogP contribution in [0, 0.1) is 5.82 Å². The van der Waals surface area contributed by atoms with Crippen LogP contribution in [0.3, 0.4) is 0 Å². The number of hydrogen-bond donors (Lipinski definition) is 2. The molecule has 0 aromatic heterocycles. The smallest absolute Gasteiger partial charge is 0.257 e. The Labute approximate surface area is 192 Å². The summed E-state index contributed by atoms with van der Waals surface area (Å²) in [5.41, 5.74) is 1.15. The minimum atomic E-state index is -0.406. The number of amides is 2. The fourth-order valence-electron chi connectivity index (χ4n) is 3.09. The van der Waals surface area contributed by atoms with Crippen molar-refractivity contribution in [2.75, 3.05) is 44.5 Å². The van der Waals surface area contributed by atoms with E-state index in [-0.39, 0.29) is 12.5 Å². The number of benzene rings is 3. The molecule has 0 aliphatic heterocycles. The molecule has 2 N–H and O–H groups in total. The number of anilines is 2. The fourth-order valence-corrected chi connectivity index (χ4v) is 3.09. The second-order valence-electron chi connectivity index (χ2n) is 7.29. The van der Waals surface area contributed by atoms with Crippen molar-refractivity contribution in [3.05, 3.63) is 84.2 Å². The number of carbonyl (C=O) groups excluding carboxylic acids is 2. The second kappa shape index (κ2) is 11.6. The van der Waals surface area contributed by atoms with E-state index in [1.165, 1.54) is 24.3 Å². The van der Waals surface area contributed by atoms with Crippen molar-refractivity contribution in [2.24, 2.45) is 0 Å². The SMILES string of the molecule is COc1ccccc1OCCN(C)CC(=O)Nc1ccccc1C(=O)Nc1ccc(F)cc1. The van der Waals surface area contributed by atoms with Crippen LogP contribution in [0.4, 0.5) is 15.8 Å². The van der Waals surface area contributed by atoms with Gasteiger partial charge in [-0.2, -0.15) is 0 Å². The molecule has 33 heavy (non-hydrogen) atoms. The van der Waals surface area contributed by atoms with Gasteiger partial charge < -0.3 is 20.1 Å². The van der Waals surface area contributed by atoms with E-state index in [1.807, 2.05) is 29.2 Å². The van der Waals surface area contributed by atoms with E-state index >= 15 is 0 Å². The molecule has 3 aromatic rings. The van der Waals surface area contributed by atoms with Crippen LogP contribution < -0.4 is 20.1 Å². The largest absolute Gasteiger partial charge is 0.493 e. The third-order valence-electron chi connectivity index (χ3n) is 4.76. The third-order valence-corrected chi connectivity index (χ3v) is 4.76. The van der Waals surface area contributed by atoms with E-state index in [0.29, 0.717) is 41.6 Å². The molecule has 7 nitrogen and oxygen atoms in total. The first-order valence-electron chi connectivity index (χ1n) is 10.4. The van der Waals surface area contributed by atoms with Crippen LogP contribution in [-0.4, -0.2) is 50.6 Å². The monoisotopic (exact) mass is 451 g/mol. The number of hydrogen-bond acceptors (Lipinski definition) is 5. The van der Waals surface area contributed by atoms with Crippen LogP contribution >= 0.6 is 0 Å². The molecular formula is C25H26FN3O4. The summed E-state index contributed by atoms with van der Waals surface area (Å²) in [6.45, 7) is 1.00. The molecule has 0 aliphatic carbocycles. The number of methoxy groups -OCH3 is 1. The van der Waals surface area contributed by atoms with Crippen molar-refractivity contribution >= 4 is 23.2 Å². The molecule has 0 saturated carbocycles. The number of ether oxygens (including phenoxy) is 2. The van der Waals surface area contributed by atoms with Crippen molar-refractivity contribution in [1.29, 1.82) is 0 Å². The molecule has 3 rings (SSSR count). The van der Waals surface area contributed by atoms with Gasteiger partial charge in [-0.1, -0.05) is 24.3 Å². The summed E-state index contributed by atoms with van der Waals surface area (Å²) in [5, 5.41) is 5.48. The zero-order valence-corrected chi connectivity index (χ0v) is 18.5. The van der Waals surface area contributed by atoms with Gasteiger partial charge >= 0.3 is 0 Å². The molecule has 0 saturated heterocycles. The van der Waals surface area contributed by atoms with E-state index in [0.717, 1.165) is 0 Å². The molecule has 0 radical (unpaired) electrons. The minimum Gasteiger partial charge on any atom is -0.493 e. The van der Waals surface area contributed by atoms with E-state index < -0.39 is 11.7 Å². The van der Waals surface area contributed by atoms with Gasteiger partial charge in [-0.3, -0.25) is 14.5 Å². The standard InChI is InChI=1S/C25H26FN3O4/c1-29(15-16-33-23-10-6-5-9-22(23)32-2)17-24(30)28-21-8-4-3-7-20(21)25(31)27-19-13-11-18(26)12-14-19/h3-14H,15-17H2,1-2H3,(H,27,31)(H,28,30). The summed E-state index contributed by atoms with van der Waals surface area (Å²) in [6.07, 6.45) is 0. The van der Waals surface area contributed by atoms with Crippen LogP contribution in [0.15, 0.2) is 72.8 Å². The van der Waals surface area contributed by atoms with Gasteiger partial charge in [-0.25, -0.2) is 4.39 Å². The molecule has 0 bridgehead atoms. The molecule has 8 heteroatoms. The van der Waals surface area contributed by atoms with Crippen LogP contribution in [0.2, 0.25) is 0 Å². The Kier molecular flexibility index (Phi) is 8.37. The number of likely N-dealkylation sites (N-methyl/N-ethyl adjacent to an activating group) is 1. The molecule has 0 fully saturated rings. The van der Waals surface area contributed by atoms with Gasteiger partial charge in [-0.15, -0.1) is 0 Å². The topological polar surface area (TPSA) is 79.9 Å². The van der Waals surface area contributed by atoms with Gasteiger partial charge in [0, 0.05) is 12.2 Å². The van der Waals surface area contributed by atoms with Crippen molar-refractivity contribution in [2.45, 2.75) is 0 Å². The van der Waals surface area contributed by atoms with E-state index in [2.05, 4.69) is 10.6 Å². The number of rotatable bonds is 10. The Bertz CT molecular complexity index is 1090. The summed E-state index contributed by atoms with van der Waals surface area (Å²) >= 11 is 0. The third kappa shape index (κ3) is 7.05. The van der Waals surface area contributed by atoms with Crippen molar-refractivity contribution in [3.8, 4) is 11.5 Å². The van der Waals surface area contributed by atoms with Gasteiger partial charge in [0.1, 0.15) is 12.4 Å². The van der Waals surface area contributed by atoms with Crippen molar-refractivity contribution < 1.29 is 23.5 Å². The van der Waals surface area contributed by atoms with E-state index in [9.17, 15) is 14.0 Å². The van der Waals surface area contributed by atoms with Crippen LogP contribution in [0.25, 0.3) is 0 Å². The summed E-state index contributed by atoms with van der Waals surface area (Å²) in [5.74, 6) is 0.221. The predicted octanol–water partition coefficient (Wildman–Crippen LogP) is 4.04. The van der Waals surface area contributed by atoms with Gasteiger partial charge in [-0.05, 0) is 55.6 Å². The lowest BCUT2D eigenvalue weighted by Gasteiger charge is -2.18. The lowest BCUT2D eigenvalue weighted by atomic mass is 10.1. The molecule has 0 atom stereocenters. The first-order chi connectivity index (χ1) is 16.0. The zero-order chi connectivity index (χ0) is 23.6. The maximum absolute atomic E-state index is 13.1. The van der Waals surface area contributed by atoms with E-state index in [1.54, 1.807) is 38.4 Å². The number of nitrogens with one attached hydrogen (secondary N) is 2. The summed E-state index contributed by atoms with van der Waals surface area (Å²) in [7, 11) is 3.38. The highest BCUT2D eigenvalue weighted by molar-refractivity contribution is 6.10. The van der Waals surface area contributed by atoms with Crippen LogP contribution in [-0.2, 0) is 4.79 Å². The van der Waals surface area contributed by atoms with E-state index in [4.69, 9.17) is 9.47 Å². The molecule has 0 spiro atoms. The summed E-state index contributed by atoms with van der Waals surface area (Å²) < 4.78 is 24.1. The van der Waals surface area contributed by atoms with Gasteiger partial charge in [0.2, 0.25) is 5.91 Å². The Balaban J connectivity index is 1.52. The molecule has 0 unspecified atom stereocenters. The summed E-state index contributed by atoms with van der Waals surface area (Å²) in [4.78, 5) is 27.0. The first-order valence-corrected chi connectivity index (χ1v) is 10.4. The fraction of sp³-hybridized carbons (Fsp3) is 0.200. The average Bonchev–Trinajstić information content (AvgIpc) is 2.81.